The fourth-order valence-electron chi connectivity index (χ4n) is 3.94. The van der Waals surface area contributed by atoms with Crippen molar-refractivity contribution >= 4 is 16.8 Å². The minimum atomic E-state index is -0.100. The molecule has 0 bridgehead atoms. The van der Waals surface area contributed by atoms with Crippen LogP contribution in [0.5, 0.6) is 0 Å². The number of hydrogen-bond acceptors (Lipinski definition) is 5. The molecular formula is C23H30N6O2. The predicted molar refractivity (Wildman–Crippen MR) is 120 cm³/mol. The molecule has 4 rings (SSSR count). The van der Waals surface area contributed by atoms with Gasteiger partial charge < -0.3 is 4.90 Å². The van der Waals surface area contributed by atoms with Crippen LogP contribution in [-0.2, 0) is 19.0 Å². The lowest BCUT2D eigenvalue weighted by Gasteiger charge is -2.34. The molecule has 8 heteroatoms. The molecule has 0 atom stereocenters. The van der Waals surface area contributed by atoms with Gasteiger partial charge in [-0.1, -0.05) is 39.0 Å². The van der Waals surface area contributed by atoms with Crippen molar-refractivity contribution in [3.8, 4) is 0 Å². The Morgan fingerprint density at radius 2 is 1.68 bits per heavy atom. The number of piperazine rings is 1. The van der Waals surface area contributed by atoms with Crippen LogP contribution >= 0.6 is 0 Å². The van der Waals surface area contributed by atoms with E-state index in [0.29, 0.717) is 25.3 Å². The van der Waals surface area contributed by atoms with E-state index in [9.17, 15) is 9.59 Å². The van der Waals surface area contributed by atoms with Crippen LogP contribution in [0.4, 0.5) is 0 Å². The van der Waals surface area contributed by atoms with Crippen molar-refractivity contribution in [1.29, 1.82) is 0 Å². The molecule has 2 aromatic heterocycles. The first-order valence-corrected chi connectivity index (χ1v) is 10.8. The Balaban J connectivity index is 1.37. The highest BCUT2D eigenvalue weighted by atomic mass is 16.2. The average Bonchev–Trinajstić information content (AvgIpc) is 3.09. The zero-order valence-electron chi connectivity index (χ0n) is 18.7. The summed E-state index contributed by atoms with van der Waals surface area (Å²) in [5.74, 6) is -0.0211. The second-order valence-electron chi connectivity index (χ2n) is 9.15. The van der Waals surface area contributed by atoms with Crippen LogP contribution in [-0.4, -0.2) is 68.0 Å². The van der Waals surface area contributed by atoms with Gasteiger partial charge >= 0.3 is 0 Å². The van der Waals surface area contributed by atoms with Gasteiger partial charge in [-0.3, -0.25) is 19.2 Å². The molecule has 8 nitrogen and oxygen atoms in total. The SMILES string of the molecule is Cn1nc(C(=O)N2CCN(CCn3nc(C(C)(C)C)ccc3=O)CC2)c2ccccc21. The molecule has 0 radical (unpaired) electrons. The number of hydrogen-bond donors (Lipinski definition) is 0. The minimum absolute atomic E-state index is 0.0211. The number of nitrogens with zero attached hydrogens (tertiary/aromatic N) is 6. The first-order chi connectivity index (χ1) is 14.7. The Bertz CT molecular complexity index is 1150. The molecule has 31 heavy (non-hydrogen) atoms. The highest BCUT2D eigenvalue weighted by molar-refractivity contribution is 6.04. The van der Waals surface area contributed by atoms with E-state index in [4.69, 9.17) is 0 Å². The van der Waals surface area contributed by atoms with Gasteiger partial charge in [0.1, 0.15) is 0 Å². The molecule has 1 aliphatic heterocycles. The highest BCUT2D eigenvalue weighted by Crippen LogP contribution is 2.20. The van der Waals surface area contributed by atoms with Gasteiger partial charge in [-0.25, -0.2) is 4.68 Å². The lowest BCUT2D eigenvalue weighted by atomic mass is 9.92. The molecule has 1 amide bonds. The van der Waals surface area contributed by atoms with Gasteiger partial charge in [-0.2, -0.15) is 10.2 Å². The number of fused-ring (bicyclic) bond motifs is 1. The van der Waals surface area contributed by atoms with E-state index in [1.54, 1.807) is 15.4 Å². The van der Waals surface area contributed by atoms with E-state index in [-0.39, 0.29) is 16.9 Å². The Hall–Kier alpha value is -3.00. The lowest BCUT2D eigenvalue weighted by Crippen LogP contribution is -2.49. The maximum absolute atomic E-state index is 13.1. The summed E-state index contributed by atoms with van der Waals surface area (Å²) in [6.45, 7) is 10.4. The topological polar surface area (TPSA) is 76.3 Å². The molecule has 3 heterocycles. The summed E-state index contributed by atoms with van der Waals surface area (Å²) in [6, 6.07) is 11.2. The summed E-state index contributed by atoms with van der Waals surface area (Å²) in [6.07, 6.45) is 0. The average molecular weight is 423 g/mol. The van der Waals surface area contributed by atoms with Gasteiger partial charge in [0, 0.05) is 56.6 Å². The van der Waals surface area contributed by atoms with Crippen molar-refractivity contribution in [2.24, 2.45) is 7.05 Å². The number of benzene rings is 1. The van der Waals surface area contributed by atoms with Gasteiger partial charge in [-0.15, -0.1) is 0 Å². The number of para-hydroxylation sites is 1. The van der Waals surface area contributed by atoms with E-state index < -0.39 is 0 Å². The Morgan fingerprint density at radius 3 is 2.39 bits per heavy atom. The van der Waals surface area contributed by atoms with Crippen LogP contribution in [0.2, 0.25) is 0 Å². The molecular weight excluding hydrogens is 392 g/mol. The van der Waals surface area contributed by atoms with E-state index >= 15 is 0 Å². The van der Waals surface area contributed by atoms with Crippen molar-refractivity contribution in [1.82, 2.24) is 29.4 Å². The number of amides is 1. The smallest absolute Gasteiger partial charge is 0.275 e. The van der Waals surface area contributed by atoms with Crippen LogP contribution < -0.4 is 5.56 Å². The summed E-state index contributed by atoms with van der Waals surface area (Å²) in [5.41, 5.74) is 2.20. The number of aryl methyl sites for hydroxylation is 1. The molecule has 0 saturated carbocycles. The normalized spacial score (nSPS) is 15.5. The maximum Gasteiger partial charge on any atom is 0.275 e. The number of carbonyl (C=O) groups is 1. The van der Waals surface area contributed by atoms with Gasteiger partial charge in [0.2, 0.25) is 0 Å². The predicted octanol–water partition coefficient (Wildman–Crippen LogP) is 1.89. The third-order valence-electron chi connectivity index (χ3n) is 5.88. The summed E-state index contributed by atoms with van der Waals surface area (Å²) in [7, 11) is 1.86. The first kappa shape index (κ1) is 21.2. The van der Waals surface area contributed by atoms with Crippen molar-refractivity contribution < 1.29 is 4.79 Å². The molecule has 1 saturated heterocycles. The van der Waals surface area contributed by atoms with Crippen molar-refractivity contribution in [3.05, 3.63) is 58.1 Å². The molecule has 1 aliphatic rings. The summed E-state index contributed by atoms with van der Waals surface area (Å²) >= 11 is 0. The molecule has 0 spiro atoms. The maximum atomic E-state index is 13.1. The third-order valence-corrected chi connectivity index (χ3v) is 5.88. The largest absolute Gasteiger partial charge is 0.335 e. The number of rotatable bonds is 4. The lowest BCUT2D eigenvalue weighted by molar-refractivity contribution is 0.0626. The zero-order valence-corrected chi connectivity index (χ0v) is 18.7. The Kier molecular flexibility index (Phi) is 5.66. The van der Waals surface area contributed by atoms with Crippen LogP contribution in [0.3, 0.4) is 0 Å². The van der Waals surface area contributed by atoms with E-state index in [2.05, 4.69) is 35.9 Å². The molecule has 0 N–H and O–H groups in total. The quantitative estimate of drug-likeness (QED) is 0.642. The fraction of sp³-hybridized carbons (Fsp3) is 0.478. The van der Waals surface area contributed by atoms with Crippen molar-refractivity contribution in [3.63, 3.8) is 0 Å². The van der Waals surface area contributed by atoms with Gasteiger partial charge in [0.05, 0.1) is 17.8 Å². The standard InChI is InChI=1S/C23H30N6O2/c1-23(2,3)19-9-10-20(30)29(24-19)16-13-27-11-14-28(15-12-27)22(31)21-17-7-5-6-8-18(17)26(4)25-21/h5-10H,11-16H2,1-4H3. The Morgan fingerprint density at radius 1 is 0.968 bits per heavy atom. The highest BCUT2D eigenvalue weighted by Gasteiger charge is 2.26. The molecule has 1 fully saturated rings. The van der Waals surface area contributed by atoms with E-state index in [1.165, 1.54) is 0 Å². The van der Waals surface area contributed by atoms with Crippen molar-refractivity contribution in [2.75, 3.05) is 32.7 Å². The van der Waals surface area contributed by atoms with E-state index in [0.717, 1.165) is 36.2 Å². The summed E-state index contributed by atoms with van der Waals surface area (Å²) < 4.78 is 3.31. The van der Waals surface area contributed by atoms with Gasteiger partial charge in [-0.05, 0) is 12.1 Å². The number of carbonyl (C=O) groups excluding carboxylic acids is 1. The molecule has 0 unspecified atom stereocenters. The molecule has 164 valence electrons. The van der Waals surface area contributed by atoms with Crippen LogP contribution in [0.15, 0.2) is 41.2 Å². The van der Waals surface area contributed by atoms with Crippen LogP contribution in [0, 0.1) is 0 Å². The summed E-state index contributed by atoms with van der Waals surface area (Å²) in [5, 5.41) is 9.90. The Labute approximate surface area is 182 Å². The van der Waals surface area contributed by atoms with Crippen LogP contribution in [0.1, 0.15) is 37.0 Å². The van der Waals surface area contributed by atoms with Crippen molar-refractivity contribution in [2.45, 2.75) is 32.7 Å². The van der Waals surface area contributed by atoms with Gasteiger partial charge in [0.25, 0.3) is 11.5 Å². The third kappa shape index (κ3) is 4.39. The zero-order chi connectivity index (χ0) is 22.2. The van der Waals surface area contributed by atoms with Gasteiger partial charge in [0.15, 0.2) is 5.69 Å². The van der Waals surface area contributed by atoms with E-state index in [1.807, 2.05) is 42.3 Å². The first-order valence-electron chi connectivity index (χ1n) is 10.8. The summed E-state index contributed by atoms with van der Waals surface area (Å²) in [4.78, 5) is 29.4. The second kappa shape index (κ2) is 8.26. The van der Waals surface area contributed by atoms with Crippen LogP contribution in [0.25, 0.3) is 10.9 Å². The monoisotopic (exact) mass is 422 g/mol. The molecule has 3 aromatic rings. The molecule has 0 aliphatic carbocycles. The fourth-order valence-corrected chi connectivity index (χ4v) is 3.94. The molecule has 1 aromatic carbocycles. The minimum Gasteiger partial charge on any atom is -0.335 e. The second-order valence-corrected chi connectivity index (χ2v) is 9.15. The number of aromatic nitrogens is 4.